The predicted molar refractivity (Wildman–Crippen MR) is 129 cm³/mol. The molecule has 32 heavy (non-hydrogen) atoms. The molecule has 166 valence electrons. The molecule has 7 heteroatoms. The molecule has 0 unspecified atom stereocenters. The number of nitrogens with one attached hydrogen (secondary N) is 2. The van der Waals surface area contributed by atoms with Crippen LogP contribution in [0.15, 0.2) is 60.7 Å². The second-order valence-electron chi connectivity index (χ2n) is 7.44. The largest absolute Gasteiger partial charge is 0.322 e. The van der Waals surface area contributed by atoms with Gasteiger partial charge in [0.1, 0.15) is 10.8 Å². The Morgan fingerprint density at radius 1 is 0.938 bits per heavy atom. The first-order chi connectivity index (χ1) is 15.4. The van der Waals surface area contributed by atoms with E-state index in [9.17, 15) is 9.59 Å². The van der Waals surface area contributed by atoms with Gasteiger partial charge in [-0.05, 0) is 67.5 Å². The molecule has 1 aromatic heterocycles. The van der Waals surface area contributed by atoms with E-state index < -0.39 is 0 Å². The Bertz CT molecular complexity index is 1100. The lowest BCUT2D eigenvalue weighted by Gasteiger charge is -2.18. The van der Waals surface area contributed by atoms with E-state index >= 15 is 0 Å². The van der Waals surface area contributed by atoms with E-state index in [0.717, 1.165) is 25.2 Å². The van der Waals surface area contributed by atoms with Gasteiger partial charge in [-0.3, -0.25) is 14.5 Å². The highest BCUT2D eigenvalue weighted by molar-refractivity contribution is 6.29. The zero-order valence-corrected chi connectivity index (χ0v) is 19.2. The van der Waals surface area contributed by atoms with Gasteiger partial charge >= 0.3 is 0 Å². The molecule has 1 heterocycles. The average molecular weight is 451 g/mol. The van der Waals surface area contributed by atoms with Gasteiger partial charge in [0.05, 0.1) is 0 Å². The lowest BCUT2D eigenvalue weighted by molar-refractivity contribution is 0.101. The van der Waals surface area contributed by atoms with Crippen LogP contribution in [0.4, 0.5) is 11.4 Å². The van der Waals surface area contributed by atoms with Gasteiger partial charge in [0.15, 0.2) is 0 Å². The minimum atomic E-state index is -0.377. The van der Waals surface area contributed by atoms with Crippen LogP contribution in [0.25, 0.3) is 0 Å². The Kier molecular flexibility index (Phi) is 7.98. The van der Waals surface area contributed by atoms with E-state index in [1.807, 2.05) is 37.3 Å². The maximum atomic E-state index is 12.8. The summed E-state index contributed by atoms with van der Waals surface area (Å²) in [5, 5.41) is 5.97. The van der Waals surface area contributed by atoms with Crippen LogP contribution in [0.3, 0.4) is 0 Å². The van der Waals surface area contributed by atoms with E-state index in [-0.39, 0.29) is 22.7 Å². The number of pyridine rings is 1. The Balaban J connectivity index is 1.69. The van der Waals surface area contributed by atoms with Gasteiger partial charge < -0.3 is 10.6 Å². The quantitative estimate of drug-likeness (QED) is 0.451. The topological polar surface area (TPSA) is 74.3 Å². The third-order valence-electron chi connectivity index (χ3n) is 5.21. The van der Waals surface area contributed by atoms with Crippen LogP contribution in [0.1, 0.15) is 45.8 Å². The van der Waals surface area contributed by atoms with Gasteiger partial charge in [-0.25, -0.2) is 4.98 Å². The molecular weight excluding hydrogens is 424 g/mol. The van der Waals surface area contributed by atoms with Crippen molar-refractivity contribution in [2.45, 2.75) is 27.3 Å². The Labute approximate surface area is 193 Å². The molecule has 2 amide bonds. The molecule has 0 aliphatic carbocycles. The van der Waals surface area contributed by atoms with E-state index in [0.29, 0.717) is 16.9 Å². The Morgan fingerprint density at radius 3 is 2.31 bits per heavy atom. The summed E-state index contributed by atoms with van der Waals surface area (Å²) >= 11 is 5.86. The third-order valence-corrected chi connectivity index (χ3v) is 5.42. The number of carbonyl (C=O) groups is 2. The molecule has 0 saturated carbocycles. The van der Waals surface area contributed by atoms with Crippen LogP contribution >= 0.6 is 11.6 Å². The fraction of sp³-hybridized carbons (Fsp3) is 0.240. The number of nitrogens with zero attached hydrogens (tertiary/aromatic N) is 2. The van der Waals surface area contributed by atoms with Gasteiger partial charge in [-0.1, -0.05) is 49.7 Å². The van der Waals surface area contributed by atoms with Crippen LogP contribution in [0.5, 0.6) is 0 Å². The monoisotopic (exact) mass is 450 g/mol. The van der Waals surface area contributed by atoms with Crippen LogP contribution in [-0.2, 0) is 6.54 Å². The third kappa shape index (κ3) is 6.15. The number of amides is 2. The van der Waals surface area contributed by atoms with Crippen LogP contribution < -0.4 is 10.6 Å². The molecule has 6 nitrogen and oxygen atoms in total. The molecule has 0 spiro atoms. The molecular formula is C25H27ClN4O2. The van der Waals surface area contributed by atoms with Crippen molar-refractivity contribution >= 4 is 34.8 Å². The number of aromatic nitrogens is 1. The number of carbonyl (C=O) groups excluding carboxylic acids is 2. The van der Waals surface area contributed by atoms with Crippen molar-refractivity contribution in [3.8, 4) is 0 Å². The molecule has 3 rings (SSSR count). The minimum absolute atomic E-state index is 0.206. The molecule has 0 aliphatic heterocycles. The van der Waals surface area contributed by atoms with Crippen molar-refractivity contribution in [3.05, 3.63) is 88.2 Å². The Hall–Kier alpha value is -3.22. The Morgan fingerprint density at radius 2 is 1.66 bits per heavy atom. The minimum Gasteiger partial charge on any atom is -0.322 e. The van der Waals surface area contributed by atoms with Gasteiger partial charge in [0, 0.05) is 23.5 Å². The maximum absolute atomic E-state index is 12.8. The van der Waals surface area contributed by atoms with E-state index in [4.69, 9.17) is 11.6 Å². The van der Waals surface area contributed by atoms with Crippen molar-refractivity contribution in [2.24, 2.45) is 0 Å². The van der Waals surface area contributed by atoms with Gasteiger partial charge in [0.25, 0.3) is 11.8 Å². The first-order valence-electron chi connectivity index (χ1n) is 10.6. The second-order valence-corrected chi connectivity index (χ2v) is 7.83. The molecule has 2 N–H and O–H groups in total. The summed E-state index contributed by atoms with van der Waals surface area (Å²) in [6.07, 6.45) is 0. The lowest BCUT2D eigenvalue weighted by Crippen LogP contribution is -2.22. The summed E-state index contributed by atoms with van der Waals surface area (Å²) in [5.41, 5.74) is 4.01. The summed E-state index contributed by atoms with van der Waals surface area (Å²) in [6, 6.07) is 17.8. The van der Waals surface area contributed by atoms with Crippen LogP contribution in [-0.4, -0.2) is 34.8 Å². The molecule has 0 radical (unpaired) electrons. The van der Waals surface area contributed by atoms with E-state index in [1.165, 1.54) is 5.56 Å². The number of benzene rings is 2. The molecule has 0 saturated heterocycles. The standard InChI is InChI=1S/C25H27ClN4O2/c1-4-30(5-2)16-18-10-12-19(13-11-18)24(31)29-22-15-20(14-9-17(22)3)27-25(32)21-7-6-8-23(26)28-21/h6-15H,4-5,16H2,1-3H3,(H,27,32)(H,29,31). The molecule has 2 aromatic carbocycles. The maximum Gasteiger partial charge on any atom is 0.274 e. The first-order valence-corrected chi connectivity index (χ1v) is 10.9. The number of aryl methyl sites for hydroxylation is 1. The molecule has 0 fully saturated rings. The molecule has 3 aromatic rings. The second kappa shape index (κ2) is 10.9. The first kappa shape index (κ1) is 23.4. The summed E-state index contributed by atoms with van der Waals surface area (Å²) in [6.45, 7) is 8.99. The number of rotatable bonds is 8. The van der Waals surface area contributed by atoms with Crippen molar-refractivity contribution in [2.75, 3.05) is 23.7 Å². The summed E-state index contributed by atoms with van der Waals surface area (Å²) < 4.78 is 0. The van der Waals surface area contributed by atoms with Crippen molar-refractivity contribution < 1.29 is 9.59 Å². The van der Waals surface area contributed by atoms with Crippen molar-refractivity contribution in [3.63, 3.8) is 0 Å². The fourth-order valence-electron chi connectivity index (χ4n) is 3.23. The lowest BCUT2D eigenvalue weighted by atomic mass is 10.1. The van der Waals surface area contributed by atoms with E-state index in [1.54, 1.807) is 30.3 Å². The van der Waals surface area contributed by atoms with Gasteiger partial charge in [-0.15, -0.1) is 0 Å². The highest BCUT2D eigenvalue weighted by Gasteiger charge is 2.12. The molecule has 0 aliphatic rings. The highest BCUT2D eigenvalue weighted by atomic mass is 35.5. The number of hydrogen-bond acceptors (Lipinski definition) is 4. The fourth-order valence-corrected chi connectivity index (χ4v) is 3.39. The summed E-state index contributed by atoms with van der Waals surface area (Å²) in [4.78, 5) is 31.5. The summed E-state index contributed by atoms with van der Waals surface area (Å²) in [5.74, 6) is -0.583. The van der Waals surface area contributed by atoms with E-state index in [2.05, 4.69) is 34.4 Å². The predicted octanol–water partition coefficient (Wildman–Crippen LogP) is 5.39. The number of hydrogen-bond donors (Lipinski definition) is 2. The normalized spacial score (nSPS) is 10.8. The zero-order valence-electron chi connectivity index (χ0n) is 18.5. The number of halogens is 1. The average Bonchev–Trinajstić information content (AvgIpc) is 2.80. The molecule has 0 bridgehead atoms. The summed E-state index contributed by atoms with van der Waals surface area (Å²) in [7, 11) is 0. The van der Waals surface area contributed by atoms with Gasteiger partial charge in [0.2, 0.25) is 0 Å². The van der Waals surface area contributed by atoms with Crippen molar-refractivity contribution in [1.82, 2.24) is 9.88 Å². The number of anilines is 2. The smallest absolute Gasteiger partial charge is 0.274 e. The van der Waals surface area contributed by atoms with Crippen molar-refractivity contribution in [1.29, 1.82) is 0 Å². The van der Waals surface area contributed by atoms with Crippen LogP contribution in [0, 0.1) is 6.92 Å². The SMILES string of the molecule is CCN(CC)Cc1ccc(C(=O)Nc2cc(NC(=O)c3cccc(Cl)n3)ccc2C)cc1. The molecule has 0 atom stereocenters. The van der Waals surface area contributed by atoms with Gasteiger partial charge in [-0.2, -0.15) is 0 Å². The van der Waals surface area contributed by atoms with Crippen LogP contribution in [0.2, 0.25) is 5.15 Å². The highest BCUT2D eigenvalue weighted by Crippen LogP contribution is 2.22. The zero-order chi connectivity index (χ0) is 23.1.